The summed E-state index contributed by atoms with van der Waals surface area (Å²) in [4.78, 5) is 80.2. The summed E-state index contributed by atoms with van der Waals surface area (Å²) >= 11 is 12.0. The normalized spacial score (nSPS) is 18.3. The Balaban J connectivity index is 0.000000232. The molecular formula is C62H77Cl2F2N4O14P7. The van der Waals surface area contributed by atoms with Gasteiger partial charge in [-0.15, -0.1) is 35.7 Å². The SMILES string of the molecule is CCOC(=O)c1occ(C(=O)CCc2ccc(OC)c(Cl)c2F)c(=O)c1OCc1ccccc1.CNCC1(N)CC(CO)C1.COc1ccc(CCC(=O)c2cn3c(c(OCc4ccccc4)c2=O)C(=O)N(C)CC32CC(CO)C2)c(F)c1Cl.PPP(P)P(P)P. The number of hydrogen-bond donors (Lipinski definition) is 4. The molecule has 5 N–H and O–H groups in total. The fraction of sp³-hybridized carbons (Fsp3) is 0.387. The van der Waals surface area contributed by atoms with E-state index in [2.05, 4.69) is 41.0 Å². The lowest BCUT2D eigenvalue weighted by Gasteiger charge is -2.53. The second kappa shape index (κ2) is 35.9. The zero-order valence-corrected chi connectivity index (χ0v) is 59.9. The highest BCUT2D eigenvalue weighted by Crippen LogP contribution is 2.92. The minimum absolute atomic E-state index is 0.00802. The summed E-state index contributed by atoms with van der Waals surface area (Å²) in [5.41, 5.74) is 5.38. The smallest absolute Gasteiger partial charge is 0.378 e. The molecule has 1 aliphatic heterocycles. The van der Waals surface area contributed by atoms with Crippen LogP contribution in [0.25, 0.3) is 0 Å². The molecule has 9 rings (SSSR count). The molecule has 6 unspecified atom stereocenters. The number of rotatable bonds is 24. The number of ether oxygens (including phenoxy) is 5. The molecule has 2 fully saturated rings. The maximum Gasteiger partial charge on any atom is 0.378 e. The number of likely N-dealkylation sites (N-methyl/N-ethyl adjacent to an activating group) is 2. The van der Waals surface area contributed by atoms with E-state index in [1.54, 1.807) is 47.7 Å². The van der Waals surface area contributed by atoms with Crippen LogP contribution < -0.4 is 40.9 Å². The lowest BCUT2D eigenvalue weighted by molar-refractivity contribution is -0.0105. The molecule has 2 saturated carbocycles. The standard InChI is InChI=1S/C30H30ClFN2O6.C25H22ClFO7.C7H16N2O.H9P7/c1-33-17-30(12-19(13-30)15-35)34-14-21(22(36)10-8-20-9-11-23(39-2)24(31)25(20)32)27(37)28(26(34)29(33)38)40-16-18-6-4-3-5-7-18;1-3-32-25(30)24-23(33-13-15-7-5-4-6-8-15)22(29)17(14-34-24)18(28)11-9-16-10-12-19(31-2)20(26)21(16)27;1-9-5-7(8)2-6(3-7)4-10;1-5-7(4)6(2)3/h3-7,9,11,14,19,35H,8,10,12-13,15-17H2,1-2H3;4-8,10,12,14H,3,9,11,13H2,1-2H3;6,9-10H,2-5,8H2,1H3;5H,1-4H2. The lowest BCUT2D eigenvalue weighted by atomic mass is 9.67. The first-order chi connectivity index (χ1) is 43.4. The van der Waals surface area contributed by atoms with E-state index in [9.17, 15) is 42.7 Å². The molecule has 3 aliphatic rings. The molecule has 4 aromatic carbocycles. The van der Waals surface area contributed by atoms with Crippen LogP contribution >= 0.6 is 80.8 Å². The van der Waals surface area contributed by atoms with Crippen molar-refractivity contribution in [2.24, 2.45) is 17.6 Å². The van der Waals surface area contributed by atoms with Gasteiger partial charge in [-0.05, 0) is 113 Å². The Bertz CT molecular complexity index is 3610. The lowest BCUT2D eigenvalue weighted by Crippen LogP contribution is -2.60. The number of hydrogen-bond acceptors (Lipinski definition) is 16. The first-order valence-electron chi connectivity index (χ1n) is 28.7. The minimum Gasteiger partial charge on any atom is -0.495 e. The third kappa shape index (κ3) is 19.6. The highest BCUT2D eigenvalue weighted by molar-refractivity contribution is 8.98. The zero-order valence-electron chi connectivity index (χ0n) is 51.0. The number of Topliss-reactive ketones (excluding diaryl/α,β-unsaturated/α-hetero) is 2. The molecular weight excluding hydrogens is 1350 g/mol. The van der Waals surface area contributed by atoms with Gasteiger partial charge in [0.1, 0.15) is 58.2 Å². The Morgan fingerprint density at radius 2 is 1.25 bits per heavy atom. The summed E-state index contributed by atoms with van der Waals surface area (Å²) in [6.45, 7) is 3.64. The van der Waals surface area contributed by atoms with Gasteiger partial charge < -0.3 is 58.8 Å². The predicted molar refractivity (Wildman–Crippen MR) is 371 cm³/mol. The van der Waals surface area contributed by atoms with Crippen molar-refractivity contribution in [3.63, 3.8) is 0 Å². The van der Waals surface area contributed by atoms with Gasteiger partial charge in [-0.3, -0.25) is 24.0 Å². The summed E-state index contributed by atoms with van der Waals surface area (Å²) < 4.78 is 62.7. The second-order valence-corrected chi connectivity index (χ2v) is 44.8. The van der Waals surface area contributed by atoms with E-state index in [4.69, 9.17) is 62.1 Å². The van der Waals surface area contributed by atoms with Gasteiger partial charge in [0.05, 0.1) is 31.9 Å². The summed E-state index contributed by atoms with van der Waals surface area (Å²) in [6.07, 6.45) is 5.05. The number of nitrogens with one attached hydrogen (secondary N) is 1. The average molecular weight is 1430 g/mol. The van der Waals surface area contributed by atoms with Crippen molar-refractivity contribution >= 4 is 104 Å². The van der Waals surface area contributed by atoms with Crippen LogP contribution in [0.15, 0.2) is 111 Å². The van der Waals surface area contributed by atoms with Crippen LogP contribution in [0.1, 0.15) is 109 Å². The molecule has 6 aromatic rings. The number of carbonyl (C=O) groups excluding carboxylic acids is 4. The van der Waals surface area contributed by atoms with E-state index >= 15 is 0 Å². The van der Waals surface area contributed by atoms with Crippen molar-refractivity contribution in [2.45, 2.75) is 82.6 Å². The fourth-order valence-electron chi connectivity index (χ4n) is 10.7. The monoisotopic (exact) mass is 1430 g/mol. The molecule has 18 nitrogen and oxygen atoms in total. The topological polar surface area (TPSA) is 248 Å². The Labute approximate surface area is 550 Å². The first-order valence-corrected chi connectivity index (χ1v) is 41.3. The second-order valence-electron chi connectivity index (χ2n) is 21.8. The van der Waals surface area contributed by atoms with Gasteiger partial charge in [0.2, 0.25) is 16.6 Å². The van der Waals surface area contributed by atoms with Crippen molar-refractivity contribution < 1.29 is 66.3 Å². The van der Waals surface area contributed by atoms with E-state index in [-0.39, 0.29) is 139 Å². The molecule has 91 heavy (non-hydrogen) atoms. The van der Waals surface area contributed by atoms with Gasteiger partial charge in [-0.2, -0.15) is 0 Å². The third-order valence-electron chi connectivity index (χ3n) is 15.3. The Morgan fingerprint density at radius 1 is 0.769 bits per heavy atom. The summed E-state index contributed by atoms with van der Waals surface area (Å²) in [5, 5.41) is 21.1. The average Bonchev–Trinajstić information content (AvgIpc) is 0.715. The third-order valence-corrected chi connectivity index (χ3v) is 46.5. The molecule has 1 amide bonds. The van der Waals surface area contributed by atoms with Crippen molar-refractivity contribution in [1.29, 1.82) is 0 Å². The number of amides is 1. The van der Waals surface area contributed by atoms with Crippen LogP contribution in [0, 0.1) is 23.5 Å². The van der Waals surface area contributed by atoms with Crippen LogP contribution in [0.5, 0.6) is 23.0 Å². The minimum atomic E-state index is -0.892. The zero-order chi connectivity index (χ0) is 66.7. The maximum absolute atomic E-state index is 14.8. The number of pyridine rings is 1. The number of aromatic nitrogens is 1. The largest absolute Gasteiger partial charge is 0.495 e. The predicted octanol–water partition coefficient (Wildman–Crippen LogP) is 12.2. The summed E-state index contributed by atoms with van der Waals surface area (Å²) in [7, 11) is 18.7. The van der Waals surface area contributed by atoms with Gasteiger partial charge in [-0.25, -0.2) is 13.6 Å². The van der Waals surface area contributed by atoms with E-state index < -0.39 is 57.1 Å². The molecule has 29 heteroatoms. The first kappa shape index (κ1) is 75.6. The summed E-state index contributed by atoms with van der Waals surface area (Å²) in [6, 6.07) is 24.1. The van der Waals surface area contributed by atoms with Crippen LogP contribution in [-0.2, 0) is 36.3 Å². The van der Waals surface area contributed by atoms with Gasteiger partial charge in [-0.1, -0.05) is 104 Å². The Kier molecular flexibility index (Phi) is 29.8. The molecule has 6 atom stereocenters. The van der Waals surface area contributed by atoms with Crippen LogP contribution in [0.3, 0.4) is 0 Å². The molecule has 2 aromatic heterocycles. The number of carbonyl (C=O) groups is 4. The van der Waals surface area contributed by atoms with Crippen molar-refractivity contribution in [2.75, 3.05) is 61.2 Å². The maximum atomic E-state index is 14.8. The van der Waals surface area contributed by atoms with Crippen LogP contribution in [0.4, 0.5) is 8.78 Å². The van der Waals surface area contributed by atoms with Crippen molar-refractivity contribution in [3.8, 4) is 23.0 Å². The fourth-order valence-corrected chi connectivity index (χ4v) is 27.4. The van der Waals surface area contributed by atoms with Gasteiger partial charge in [0, 0.05) is 57.9 Å². The van der Waals surface area contributed by atoms with Crippen LogP contribution in [-0.4, -0.2) is 110 Å². The molecule has 3 heterocycles. The molecule has 1 spiro atoms. The van der Waals surface area contributed by atoms with Crippen molar-refractivity contribution in [1.82, 2.24) is 14.8 Å². The molecule has 0 saturated heterocycles. The van der Waals surface area contributed by atoms with Gasteiger partial charge in [0.25, 0.3) is 11.7 Å². The number of fused-ring (bicyclic) bond motifs is 2. The van der Waals surface area contributed by atoms with Crippen molar-refractivity contribution in [3.05, 3.63) is 184 Å². The van der Waals surface area contributed by atoms with Crippen LogP contribution in [0.2, 0.25) is 10.0 Å². The number of nitrogens with zero attached hydrogens (tertiary/aromatic N) is 2. The number of esters is 1. The van der Waals surface area contributed by atoms with E-state index in [0.717, 1.165) is 44.7 Å². The molecule has 0 radical (unpaired) electrons. The molecule has 0 bridgehead atoms. The Morgan fingerprint density at radius 3 is 1.70 bits per heavy atom. The number of aryl methyl sites for hydroxylation is 2. The van der Waals surface area contributed by atoms with E-state index in [0.29, 0.717) is 31.9 Å². The number of ketones is 2. The number of methoxy groups -OCH3 is 2. The van der Waals surface area contributed by atoms with Gasteiger partial charge >= 0.3 is 5.97 Å². The quantitative estimate of drug-likeness (QED) is 0.0250. The van der Waals surface area contributed by atoms with Gasteiger partial charge in [0.15, 0.2) is 23.0 Å². The summed E-state index contributed by atoms with van der Waals surface area (Å²) in [5.74, 6) is -3.96. The van der Waals surface area contributed by atoms with E-state index in [1.807, 2.05) is 43.4 Å². The highest BCUT2D eigenvalue weighted by atomic mass is 35.5. The number of benzene rings is 4. The number of aliphatic hydroxyl groups excluding tert-OH is 2. The Hall–Kier alpha value is -4.45. The highest BCUT2D eigenvalue weighted by Gasteiger charge is 2.52. The van der Waals surface area contributed by atoms with E-state index in [1.165, 1.54) is 44.7 Å². The molecule has 2 aliphatic carbocycles. The number of aliphatic hydroxyl groups is 2. The number of halogens is 4. The molecule has 492 valence electrons. The number of nitrogens with two attached hydrogens (primary N) is 1.